The zero-order valence-corrected chi connectivity index (χ0v) is 21.1. The molecule has 3 nitrogen and oxygen atoms in total. The van der Waals surface area contributed by atoms with Gasteiger partial charge in [0.25, 0.3) is 0 Å². The monoisotopic (exact) mass is 497 g/mol. The summed E-state index contributed by atoms with van der Waals surface area (Å²) >= 11 is 0. The lowest BCUT2D eigenvalue weighted by molar-refractivity contribution is 1.25. The van der Waals surface area contributed by atoms with Gasteiger partial charge in [-0.05, 0) is 60.7 Å². The number of para-hydroxylation sites is 5. The Hall–Kier alpha value is -5.28. The molecule has 3 heterocycles. The Bertz CT molecular complexity index is 2290. The number of benzene rings is 6. The second kappa shape index (κ2) is 7.62. The van der Waals surface area contributed by atoms with Gasteiger partial charge in [0.1, 0.15) is 0 Å². The fourth-order valence-corrected chi connectivity index (χ4v) is 6.64. The first-order valence-electron chi connectivity index (χ1n) is 13.4. The first kappa shape index (κ1) is 20.7. The highest BCUT2D eigenvalue weighted by atomic mass is 15.1. The van der Waals surface area contributed by atoms with Gasteiger partial charge in [-0.2, -0.15) is 0 Å². The van der Waals surface area contributed by atoms with E-state index in [0.717, 1.165) is 17.1 Å². The van der Waals surface area contributed by atoms with Gasteiger partial charge in [0.15, 0.2) is 0 Å². The van der Waals surface area contributed by atoms with Crippen LogP contribution in [0.4, 0.5) is 17.1 Å². The number of hydrogen-bond donors (Lipinski definition) is 0. The Balaban J connectivity index is 1.43. The zero-order valence-electron chi connectivity index (χ0n) is 21.1. The van der Waals surface area contributed by atoms with Crippen LogP contribution in [0.15, 0.2) is 140 Å². The van der Waals surface area contributed by atoms with Gasteiger partial charge in [-0.1, -0.05) is 78.9 Å². The molecule has 9 aromatic rings. The molecular formula is C36H23N3. The maximum Gasteiger partial charge on any atom is 0.0783 e. The zero-order chi connectivity index (χ0) is 25.5. The summed E-state index contributed by atoms with van der Waals surface area (Å²) in [5, 5.41) is 5.12. The van der Waals surface area contributed by atoms with E-state index in [1.54, 1.807) is 0 Å². The second-order valence-electron chi connectivity index (χ2n) is 10.2. The molecule has 0 saturated carbocycles. The van der Waals surface area contributed by atoms with E-state index >= 15 is 0 Å². The maximum absolute atomic E-state index is 2.47. The number of nitrogens with zero attached hydrogens (tertiary/aromatic N) is 3. The van der Waals surface area contributed by atoms with E-state index < -0.39 is 0 Å². The minimum absolute atomic E-state index is 1.14. The SMILES string of the molecule is c1ccc(N(c2ccccc2)c2ccc3c(c2)c2cccc4c2n3c2cccc3c5ccccc5n4c32)cc1. The van der Waals surface area contributed by atoms with Crippen LogP contribution in [-0.4, -0.2) is 8.80 Å². The average molecular weight is 498 g/mol. The van der Waals surface area contributed by atoms with Crippen LogP contribution in [-0.2, 0) is 0 Å². The number of fused-ring (bicyclic) bond motifs is 8. The molecule has 39 heavy (non-hydrogen) atoms. The standard InChI is InChI=1S/C36H23N3/c1-3-11-24(12-4-1)37(25-13-5-2-6-14-25)26-21-22-32-30(23-26)29-17-10-20-34-36(29)39(32)33-19-9-16-28-27-15-7-8-18-31(27)38(34)35(28)33/h1-23H. The predicted molar refractivity (Wildman–Crippen MR) is 164 cm³/mol. The third kappa shape index (κ3) is 2.71. The van der Waals surface area contributed by atoms with Crippen LogP contribution in [0.2, 0.25) is 0 Å². The molecule has 3 aromatic heterocycles. The van der Waals surface area contributed by atoms with E-state index in [0.29, 0.717) is 0 Å². The summed E-state index contributed by atoms with van der Waals surface area (Å²) in [6, 6.07) is 50.4. The molecule has 182 valence electrons. The molecular weight excluding hydrogens is 474 g/mol. The van der Waals surface area contributed by atoms with Crippen LogP contribution in [0.3, 0.4) is 0 Å². The fourth-order valence-electron chi connectivity index (χ4n) is 6.64. The molecule has 0 spiro atoms. The molecule has 0 unspecified atom stereocenters. The number of aromatic nitrogens is 2. The first-order chi connectivity index (χ1) is 19.4. The van der Waals surface area contributed by atoms with E-state index in [1.807, 2.05) is 0 Å². The molecule has 0 fully saturated rings. The van der Waals surface area contributed by atoms with E-state index in [1.165, 1.54) is 54.6 Å². The van der Waals surface area contributed by atoms with Gasteiger partial charge in [-0.25, -0.2) is 0 Å². The lowest BCUT2D eigenvalue weighted by Crippen LogP contribution is -2.09. The minimum atomic E-state index is 1.14. The lowest BCUT2D eigenvalue weighted by Gasteiger charge is -2.25. The second-order valence-corrected chi connectivity index (χ2v) is 10.2. The summed E-state index contributed by atoms with van der Waals surface area (Å²) in [6.07, 6.45) is 0. The molecule has 0 aliphatic carbocycles. The van der Waals surface area contributed by atoms with Crippen molar-refractivity contribution in [1.82, 2.24) is 8.80 Å². The van der Waals surface area contributed by atoms with Crippen molar-refractivity contribution in [2.45, 2.75) is 0 Å². The summed E-state index contributed by atoms with van der Waals surface area (Å²) in [6.45, 7) is 0. The van der Waals surface area contributed by atoms with Gasteiger partial charge in [0.2, 0.25) is 0 Å². The van der Waals surface area contributed by atoms with Crippen molar-refractivity contribution in [3.63, 3.8) is 0 Å². The molecule has 0 aliphatic rings. The third-order valence-corrected chi connectivity index (χ3v) is 8.19. The Morgan fingerprint density at radius 2 is 0.821 bits per heavy atom. The Morgan fingerprint density at radius 3 is 1.46 bits per heavy atom. The Morgan fingerprint density at radius 1 is 0.333 bits per heavy atom. The summed E-state index contributed by atoms with van der Waals surface area (Å²) in [4.78, 5) is 2.34. The Kier molecular flexibility index (Phi) is 4.05. The highest BCUT2D eigenvalue weighted by molar-refractivity contribution is 6.22. The van der Waals surface area contributed by atoms with Gasteiger partial charge in [-0.3, -0.25) is 0 Å². The quantitative estimate of drug-likeness (QED) is 0.221. The molecule has 0 amide bonds. The minimum Gasteiger partial charge on any atom is -0.310 e. The van der Waals surface area contributed by atoms with Crippen molar-refractivity contribution in [2.75, 3.05) is 4.90 Å². The molecule has 0 radical (unpaired) electrons. The lowest BCUT2D eigenvalue weighted by atomic mass is 10.1. The smallest absolute Gasteiger partial charge is 0.0783 e. The molecule has 0 bridgehead atoms. The number of rotatable bonds is 3. The van der Waals surface area contributed by atoms with E-state index in [9.17, 15) is 0 Å². The van der Waals surface area contributed by atoms with Crippen molar-refractivity contribution < 1.29 is 0 Å². The molecule has 0 N–H and O–H groups in total. The summed E-state index contributed by atoms with van der Waals surface area (Å²) in [5.41, 5.74) is 10.9. The van der Waals surface area contributed by atoms with Gasteiger partial charge < -0.3 is 13.7 Å². The normalized spacial score (nSPS) is 12.1. The predicted octanol–water partition coefficient (Wildman–Crippen LogP) is 9.71. The van der Waals surface area contributed by atoms with Crippen LogP contribution in [0, 0.1) is 0 Å². The van der Waals surface area contributed by atoms with Crippen LogP contribution >= 0.6 is 0 Å². The van der Waals surface area contributed by atoms with Crippen molar-refractivity contribution in [3.05, 3.63) is 140 Å². The van der Waals surface area contributed by atoms with E-state index in [-0.39, 0.29) is 0 Å². The summed E-state index contributed by atoms with van der Waals surface area (Å²) in [5.74, 6) is 0. The van der Waals surface area contributed by atoms with Crippen molar-refractivity contribution >= 4 is 71.7 Å². The molecule has 3 heteroatoms. The largest absolute Gasteiger partial charge is 0.310 e. The molecule has 0 atom stereocenters. The van der Waals surface area contributed by atoms with Gasteiger partial charge in [0.05, 0.1) is 33.1 Å². The summed E-state index contributed by atoms with van der Waals surface area (Å²) < 4.78 is 4.93. The topological polar surface area (TPSA) is 12.1 Å². The van der Waals surface area contributed by atoms with Crippen molar-refractivity contribution in [2.24, 2.45) is 0 Å². The molecule has 6 aromatic carbocycles. The number of hydrogen-bond acceptors (Lipinski definition) is 1. The van der Waals surface area contributed by atoms with Crippen LogP contribution in [0.1, 0.15) is 0 Å². The van der Waals surface area contributed by atoms with Crippen LogP contribution < -0.4 is 4.90 Å². The van der Waals surface area contributed by atoms with Crippen LogP contribution in [0.25, 0.3) is 54.6 Å². The van der Waals surface area contributed by atoms with Crippen LogP contribution in [0.5, 0.6) is 0 Å². The first-order valence-corrected chi connectivity index (χ1v) is 13.4. The van der Waals surface area contributed by atoms with Gasteiger partial charge in [-0.15, -0.1) is 0 Å². The van der Waals surface area contributed by atoms with Crippen molar-refractivity contribution in [1.29, 1.82) is 0 Å². The highest BCUT2D eigenvalue weighted by Crippen LogP contribution is 2.42. The third-order valence-electron chi connectivity index (χ3n) is 8.19. The van der Waals surface area contributed by atoms with Gasteiger partial charge >= 0.3 is 0 Å². The average Bonchev–Trinajstić information content (AvgIpc) is 3.52. The molecule has 9 rings (SSSR count). The highest BCUT2D eigenvalue weighted by Gasteiger charge is 2.21. The van der Waals surface area contributed by atoms with E-state index in [4.69, 9.17) is 0 Å². The van der Waals surface area contributed by atoms with E-state index in [2.05, 4.69) is 153 Å². The fraction of sp³-hybridized carbons (Fsp3) is 0. The van der Waals surface area contributed by atoms with Crippen molar-refractivity contribution in [3.8, 4) is 0 Å². The summed E-state index contributed by atoms with van der Waals surface area (Å²) in [7, 11) is 0. The molecule has 0 aliphatic heterocycles. The van der Waals surface area contributed by atoms with Gasteiger partial charge in [0, 0.05) is 38.6 Å². The molecule has 0 saturated heterocycles. The Labute approximate surface area is 224 Å². The number of anilines is 3. The maximum atomic E-state index is 2.47.